The van der Waals surface area contributed by atoms with Gasteiger partial charge in [-0.25, -0.2) is 4.98 Å². The maximum atomic E-state index is 5.51. The van der Waals surface area contributed by atoms with Crippen LogP contribution >= 0.6 is 11.3 Å². The molecular weight excluding hydrogens is 274 g/mol. The first-order valence-corrected chi connectivity index (χ1v) is 7.06. The minimum Gasteiger partial charge on any atom is -0.332 e. The topological polar surface area (TPSA) is 90.7 Å². The van der Waals surface area contributed by atoms with Gasteiger partial charge in [0.15, 0.2) is 0 Å². The van der Waals surface area contributed by atoms with Gasteiger partial charge in [0.2, 0.25) is 5.82 Å². The monoisotopic (exact) mass is 287 g/mol. The van der Waals surface area contributed by atoms with Crippen molar-refractivity contribution in [2.45, 2.75) is 13.3 Å². The SMILES string of the molecule is Cc1cccnc1-c1noc(-c2csc(CCN)n2)n1. The van der Waals surface area contributed by atoms with E-state index in [9.17, 15) is 0 Å². The molecule has 20 heavy (non-hydrogen) atoms. The summed E-state index contributed by atoms with van der Waals surface area (Å²) in [5.41, 5.74) is 7.92. The maximum absolute atomic E-state index is 5.51. The quantitative estimate of drug-likeness (QED) is 0.790. The zero-order chi connectivity index (χ0) is 13.9. The van der Waals surface area contributed by atoms with Crippen molar-refractivity contribution >= 4 is 11.3 Å². The summed E-state index contributed by atoms with van der Waals surface area (Å²) in [5, 5.41) is 6.84. The minimum atomic E-state index is 0.407. The molecule has 3 heterocycles. The molecule has 102 valence electrons. The van der Waals surface area contributed by atoms with Crippen LogP contribution in [0.1, 0.15) is 10.6 Å². The standard InChI is InChI=1S/C13H13N5OS/c1-8-3-2-6-15-11(8)12-17-13(19-18-12)9-7-20-10(16-9)4-5-14/h2-3,6-7H,4-5,14H2,1H3. The first-order valence-electron chi connectivity index (χ1n) is 6.18. The van der Waals surface area contributed by atoms with Gasteiger partial charge >= 0.3 is 0 Å². The largest absolute Gasteiger partial charge is 0.332 e. The molecule has 6 nitrogen and oxygen atoms in total. The lowest BCUT2D eigenvalue weighted by Gasteiger charge is -1.96. The van der Waals surface area contributed by atoms with Crippen LogP contribution in [0.4, 0.5) is 0 Å². The first kappa shape index (κ1) is 12.9. The minimum absolute atomic E-state index is 0.407. The fourth-order valence-corrected chi connectivity index (χ4v) is 2.58. The molecule has 0 radical (unpaired) electrons. The third kappa shape index (κ3) is 2.45. The molecular formula is C13H13N5OS. The highest BCUT2D eigenvalue weighted by molar-refractivity contribution is 7.09. The fourth-order valence-electron chi connectivity index (χ4n) is 1.79. The number of thiazole rings is 1. The summed E-state index contributed by atoms with van der Waals surface area (Å²) < 4.78 is 5.26. The van der Waals surface area contributed by atoms with E-state index in [1.807, 2.05) is 24.4 Å². The highest BCUT2D eigenvalue weighted by Crippen LogP contribution is 2.24. The number of hydrogen-bond donors (Lipinski definition) is 1. The van der Waals surface area contributed by atoms with Crippen molar-refractivity contribution in [1.82, 2.24) is 20.1 Å². The van der Waals surface area contributed by atoms with Crippen LogP contribution in [0.15, 0.2) is 28.2 Å². The summed E-state index contributed by atoms with van der Waals surface area (Å²) in [5.74, 6) is 0.885. The van der Waals surface area contributed by atoms with Gasteiger partial charge in [-0.1, -0.05) is 11.2 Å². The lowest BCUT2D eigenvalue weighted by Crippen LogP contribution is -2.01. The second-order valence-corrected chi connectivity index (χ2v) is 5.20. The molecule has 3 aromatic heterocycles. The average Bonchev–Trinajstić information content (AvgIpc) is 3.08. The Kier molecular flexibility index (Phi) is 3.53. The van der Waals surface area contributed by atoms with E-state index in [1.54, 1.807) is 17.5 Å². The third-order valence-electron chi connectivity index (χ3n) is 2.78. The molecule has 2 N–H and O–H groups in total. The Morgan fingerprint density at radius 2 is 2.25 bits per heavy atom. The van der Waals surface area contributed by atoms with Crippen molar-refractivity contribution in [3.8, 4) is 23.1 Å². The molecule has 0 aliphatic carbocycles. The van der Waals surface area contributed by atoms with Crippen LogP contribution in [0.2, 0.25) is 0 Å². The van der Waals surface area contributed by atoms with E-state index in [4.69, 9.17) is 10.3 Å². The number of aromatic nitrogens is 4. The Morgan fingerprint density at radius 3 is 3.05 bits per heavy atom. The van der Waals surface area contributed by atoms with E-state index in [-0.39, 0.29) is 0 Å². The molecule has 7 heteroatoms. The molecule has 3 aromatic rings. The van der Waals surface area contributed by atoms with Crippen molar-refractivity contribution in [2.24, 2.45) is 5.73 Å². The summed E-state index contributed by atoms with van der Waals surface area (Å²) in [7, 11) is 0. The molecule has 0 spiro atoms. The highest BCUT2D eigenvalue weighted by Gasteiger charge is 2.15. The highest BCUT2D eigenvalue weighted by atomic mass is 32.1. The van der Waals surface area contributed by atoms with Crippen LogP contribution in [0.25, 0.3) is 23.1 Å². The molecule has 0 atom stereocenters. The summed E-state index contributed by atoms with van der Waals surface area (Å²) in [6, 6.07) is 3.83. The smallest absolute Gasteiger partial charge is 0.277 e. The van der Waals surface area contributed by atoms with Crippen molar-refractivity contribution in [3.05, 3.63) is 34.3 Å². The Balaban J connectivity index is 1.91. The van der Waals surface area contributed by atoms with Crippen LogP contribution < -0.4 is 5.73 Å². The van der Waals surface area contributed by atoms with Crippen molar-refractivity contribution < 1.29 is 4.52 Å². The van der Waals surface area contributed by atoms with E-state index in [0.29, 0.717) is 24.0 Å². The Morgan fingerprint density at radius 1 is 1.35 bits per heavy atom. The zero-order valence-electron chi connectivity index (χ0n) is 10.9. The van der Waals surface area contributed by atoms with Crippen molar-refractivity contribution in [1.29, 1.82) is 0 Å². The molecule has 3 rings (SSSR count). The predicted molar refractivity (Wildman–Crippen MR) is 76.1 cm³/mol. The molecule has 0 bridgehead atoms. The normalized spacial score (nSPS) is 10.9. The van der Waals surface area contributed by atoms with E-state index in [2.05, 4.69) is 20.1 Å². The Labute approximate surface area is 119 Å². The second kappa shape index (κ2) is 5.48. The molecule has 0 aliphatic heterocycles. The summed E-state index contributed by atoms with van der Waals surface area (Å²) in [6.45, 7) is 2.54. The second-order valence-electron chi connectivity index (χ2n) is 4.26. The van der Waals surface area contributed by atoms with E-state index < -0.39 is 0 Å². The molecule has 0 aromatic carbocycles. The number of pyridine rings is 1. The van der Waals surface area contributed by atoms with E-state index in [1.165, 1.54) is 0 Å². The van der Waals surface area contributed by atoms with Crippen LogP contribution in [-0.4, -0.2) is 26.7 Å². The number of nitrogens with two attached hydrogens (primary N) is 1. The number of hydrogen-bond acceptors (Lipinski definition) is 7. The van der Waals surface area contributed by atoms with Gasteiger partial charge in [0.25, 0.3) is 5.89 Å². The van der Waals surface area contributed by atoms with Gasteiger partial charge in [-0.2, -0.15) is 4.98 Å². The zero-order valence-corrected chi connectivity index (χ0v) is 11.7. The number of nitrogens with zero attached hydrogens (tertiary/aromatic N) is 4. The van der Waals surface area contributed by atoms with Crippen LogP contribution in [0, 0.1) is 6.92 Å². The first-order chi connectivity index (χ1) is 9.78. The summed E-state index contributed by atoms with van der Waals surface area (Å²) in [6.07, 6.45) is 2.46. The molecule has 0 amide bonds. The van der Waals surface area contributed by atoms with E-state index in [0.717, 1.165) is 22.7 Å². The molecule has 0 saturated carbocycles. The molecule has 0 aliphatic rings. The van der Waals surface area contributed by atoms with E-state index >= 15 is 0 Å². The van der Waals surface area contributed by atoms with Crippen molar-refractivity contribution in [3.63, 3.8) is 0 Å². The summed E-state index contributed by atoms with van der Waals surface area (Å²) >= 11 is 1.54. The van der Waals surface area contributed by atoms with Gasteiger partial charge in [-0.05, 0) is 25.1 Å². The van der Waals surface area contributed by atoms with Gasteiger partial charge in [-0.15, -0.1) is 11.3 Å². The number of rotatable bonds is 4. The van der Waals surface area contributed by atoms with Crippen LogP contribution in [-0.2, 0) is 6.42 Å². The molecule has 0 unspecified atom stereocenters. The van der Waals surface area contributed by atoms with Crippen LogP contribution in [0.5, 0.6) is 0 Å². The number of aryl methyl sites for hydroxylation is 1. The average molecular weight is 287 g/mol. The Bertz CT molecular complexity index is 721. The van der Waals surface area contributed by atoms with Crippen molar-refractivity contribution in [2.75, 3.05) is 6.54 Å². The lowest BCUT2D eigenvalue weighted by atomic mass is 10.2. The van der Waals surface area contributed by atoms with Gasteiger partial charge in [0.1, 0.15) is 11.4 Å². The van der Waals surface area contributed by atoms with Gasteiger partial charge in [0, 0.05) is 18.0 Å². The molecule has 0 saturated heterocycles. The maximum Gasteiger partial charge on any atom is 0.277 e. The summed E-state index contributed by atoms with van der Waals surface area (Å²) in [4.78, 5) is 13.1. The van der Waals surface area contributed by atoms with Crippen LogP contribution in [0.3, 0.4) is 0 Å². The predicted octanol–water partition coefficient (Wildman–Crippen LogP) is 2.06. The van der Waals surface area contributed by atoms with Gasteiger partial charge < -0.3 is 10.3 Å². The van der Waals surface area contributed by atoms with Gasteiger partial charge in [-0.3, -0.25) is 4.98 Å². The molecule has 0 fully saturated rings. The third-order valence-corrected chi connectivity index (χ3v) is 3.68. The Hall–Kier alpha value is -2.12. The lowest BCUT2D eigenvalue weighted by molar-refractivity contribution is 0.431. The fraction of sp³-hybridized carbons (Fsp3) is 0.231. The van der Waals surface area contributed by atoms with Gasteiger partial charge in [0.05, 0.1) is 5.01 Å².